The Balaban J connectivity index is 1.51. The van der Waals surface area contributed by atoms with Gasteiger partial charge in [-0.3, -0.25) is 4.79 Å². The van der Waals surface area contributed by atoms with Crippen LogP contribution in [0.4, 0.5) is 5.69 Å². The highest BCUT2D eigenvalue weighted by molar-refractivity contribution is 7.89. The van der Waals surface area contributed by atoms with Gasteiger partial charge in [0.15, 0.2) is 0 Å². The highest BCUT2D eigenvalue weighted by Gasteiger charge is 2.33. The van der Waals surface area contributed by atoms with E-state index in [1.54, 1.807) is 37.4 Å². The monoisotopic (exact) mass is 454 g/mol. The molecule has 7 nitrogen and oxygen atoms in total. The molecule has 1 amide bonds. The van der Waals surface area contributed by atoms with E-state index in [4.69, 9.17) is 9.47 Å². The minimum atomic E-state index is -3.70. The number of nitrogens with zero attached hydrogens (tertiary/aromatic N) is 1. The minimum absolute atomic E-state index is 0.138. The Bertz CT molecular complexity index is 1240. The van der Waals surface area contributed by atoms with Crippen molar-refractivity contribution in [3.63, 3.8) is 0 Å². The normalized spacial score (nSPS) is 17.1. The Hall–Kier alpha value is -3.10. The van der Waals surface area contributed by atoms with E-state index in [9.17, 15) is 13.2 Å². The van der Waals surface area contributed by atoms with E-state index < -0.39 is 15.9 Å². The molecule has 4 rings (SSSR count). The smallest absolute Gasteiger partial charge is 0.243 e. The molecule has 0 unspecified atom stereocenters. The lowest BCUT2D eigenvalue weighted by Gasteiger charge is -2.31. The van der Waals surface area contributed by atoms with Crippen LogP contribution in [0, 0.1) is 5.92 Å². The predicted molar refractivity (Wildman–Crippen MR) is 124 cm³/mol. The molecular weight excluding hydrogens is 428 g/mol. The van der Waals surface area contributed by atoms with Crippen molar-refractivity contribution in [1.82, 2.24) is 4.31 Å². The average molecular weight is 455 g/mol. The van der Waals surface area contributed by atoms with Gasteiger partial charge >= 0.3 is 0 Å². The number of anilines is 1. The molecule has 0 radical (unpaired) electrons. The maximum Gasteiger partial charge on any atom is 0.243 e. The van der Waals surface area contributed by atoms with E-state index in [1.807, 2.05) is 30.3 Å². The summed E-state index contributed by atoms with van der Waals surface area (Å²) in [5, 5.41) is 4.73. The van der Waals surface area contributed by atoms with E-state index in [0.717, 1.165) is 10.8 Å². The van der Waals surface area contributed by atoms with Gasteiger partial charge in [-0.05, 0) is 47.9 Å². The summed E-state index contributed by atoms with van der Waals surface area (Å²) in [6.45, 7) is 0.532. The topological polar surface area (TPSA) is 84.9 Å². The number of fused-ring (bicyclic) bond motifs is 1. The Morgan fingerprint density at radius 2 is 1.78 bits per heavy atom. The first kappa shape index (κ1) is 22.1. The number of amides is 1. The van der Waals surface area contributed by atoms with Crippen molar-refractivity contribution in [2.24, 2.45) is 5.92 Å². The third-order valence-corrected chi connectivity index (χ3v) is 7.64. The summed E-state index contributed by atoms with van der Waals surface area (Å²) in [5.74, 6) is 0.414. The number of carbonyl (C=O) groups is 1. The van der Waals surface area contributed by atoms with Crippen LogP contribution in [0.25, 0.3) is 10.8 Å². The van der Waals surface area contributed by atoms with Gasteiger partial charge in [-0.15, -0.1) is 0 Å². The first-order valence-corrected chi connectivity index (χ1v) is 11.9. The third kappa shape index (κ3) is 4.42. The largest absolute Gasteiger partial charge is 0.497 e. The number of rotatable bonds is 6. The van der Waals surface area contributed by atoms with Crippen LogP contribution >= 0.6 is 0 Å². The van der Waals surface area contributed by atoms with E-state index in [0.29, 0.717) is 36.6 Å². The number of methoxy groups -OCH3 is 2. The highest BCUT2D eigenvalue weighted by Crippen LogP contribution is 2.31. The van der Waals surface area contributed by atoms with Crippen LogP contribution in [0.2, 0.25) is 0 Å². The number of piperidine rings is 1. The number of hydrogen-bond acceptors (Lipinski definition) is 5. The number of sulfonamides is 1. The second-order valence-corrected chi connectivity index (χ2v) is 9.70. The van der Waals surface area contributed by atoms with Crippen LogP contribution in [0.3, 0.4) is 0 Å². The van der Waals surface area contributed by atoms with Gasteiger partial charge in [0.25, 0.3) is 0 Å². The maximum atomic E-state index is 13.3. The fourth-order valence-corrected chi connectivity index (χ4v) is 5.55. The summed E-state index contributed by atoms with van der Waals surface area (Å²) in [5.41, 5.74) is 0.521. The molecule has 1 aliphatic rings. The van der Waals surface area contributed by atoms with Gasteiger partial charge in [0.05, 0.1) is 30.7 Å². The molecule has 1 aliphatic heterocycles. The van der Waals surface area contributed by atoms with Crippen molar-refractivity contribution >= 4 is 32.4 Å². The summed E-state index contributed by atoms with van der Waals surface area (Å²) in [7, 11) is -0.631. The fraction of sp³-hybridized carbons (Fsp3) is 0.292. The molecule has 1 saturated heterocycles. The van der Waals surface area contributed by atoms with Crippen LogP contribution in [0.1, 0.15) is 12.8 Å². The molecule has 1 fully saturated rings. The van der Waals surface area contributed by atoms with Crippen molar-refractivity contribution in [2.75, 3.05) is 32.6 Å². The Morgan fingerprint density at radius 3 is 2.53 bits per heavy atom. The molecule has 32 heavy (non-hydrogen) atoms. The van der Waals surface area contributed by atoms with Gasteiger partial charge in [0.2, 0.25) is 15.9 Å². The first-order valence-electron chi connectivity index (χ1n) is 10.4. The molecule has 0 bridgehead atoms. The zero-order chi connectivity index (χ0) is 22.7. The lowest BCUT2D eigenvalue weighted by atomic mass is 9.98. The zero-order valence-electron chi connectivity index (χ0n) is 18.1. The maximum absolute atomic E-state index is 13.3. The van der Waals surface area contributed by atoms with Gasteiger partial charge in [-0.1, -0.05) is 30.3 Å². The lowest BCUT2D eigenvalue weighted by molar-refractivity contribution is -0.120. The quantitative estimate of drug-likeness (QED) is 0.611. The van der Waals surface area contributed by atoms with Crippen LogP contribution in [0.5, 0.6) is 11.5 Å². The minimum Gasteiger partial charge on any atom is -0.497 e. The van der Waals surface area contributed by atoms with Crippen molar-refractivity contribution in [3.8, 4) is 11.5 Å². The highest BCUT2D eigenvalue weighted by atomic mass is 32.2. The number of carbonyl (C=O) groups excluding carboxylic acids is 1. The second-order valence-electron chi connectivity index (χ2n) is 7.77. The molecule has 8 heteroatoms. The lowest BCUT2D eigenvalue weighted by Crippen LogP contribution is -2.43. The first-order chi connectivity index (χ1) is 15.4. The van der Waals surface area contributed by atoms with Gasteiger partial charge in [-0.2, -0.15) is 4.31 Å². The van der Waals surface area contributed by atoms with E-state index >= 15 is 0 Å². The van der Waals surface area contributed by atoms with E-state index in [2.05, 4.69) is 5.32 Å². The predicted octanol–water partition coefficient (Wildman–Crippen LogP) is 3.90. The van der Waals surface area contributed by atoms with Crippen molar-refractivity contribution in [3.05, 3.63) is 60.7 Å². The summed E-state index contributed by atoms with van der Waals surface area (Å²) in [4.78, 5) is 13.2. The standard InChI is InChI=1S/C24H26N2O5S/c1-30-20-10-12-22(23(15-20)31-2)25-24(27)19-8-5-13-26(16-19)32(28,29)21-11-9-17-6-3-4-7-18(17)14-21/h3-4,6-7,9-12,14-15,19H,5,8,13,16H2,1-2H3,(H,25,27)/t19-/m1/s1. The number of benzene rings is 3. The molecule has 3 aromatic rings. The molecule has 0 saturated carbocycles. The molecule has 1 N–H and O–H groups in total. The van der Waals surface area contributed by atoms with E-state index in [1.165, 1.54) is 11.4 Å². The van der Waals surface area contributed by atoms with Crippen molar-refractivity contribution in [2.45, 2.75) is 17.7 Å². The molecule has 3 aromatic carbocycles. The molecule has 0 aromatic heterocycles. The van der Waals surface area contributed by atoms with Crippen LogP contribution < -0.4 is 14.8 Å². The molecule has 168 valence electrons. The number of hydrogen-bond donors (Lipinski definition) is 1. The summed E-state index contributed by atoms with van der Waals surface area (Å²) in [6, 6.07) is 17.9. The van der Waals surface area contributed by atoms with Gasteiger partial charge in [0, 0.05) is 19.2 Å². The summed E-state index contributed by atoms with van der Waals surface area (Å²) >= 11 is 0. The van der Waals surface area contributed by atoms with Gasteiger partial charge < -0.3 is 14.8 Å². The van der Waals surface area contributed by atoms with Gasteiger partial charge in [-0.25, -0.2) is 8.42 Å². The Labute approximate surface area is 188 Å². The Kier molecular flexibility index (Phi) is 6.34. The number of ether oxygens (including phenoxy) is 2. The van der Waals surface area contributed by atoms with Crippen LogP contribution in [-0.2, 0) is 14.8 Å². The van der Waals surface area contributed by atoms with Crippen molar-refractivity contribution in [1.29, 1.82) is 0 Å². The molecule has 0 spiro atoms. The fourth-order valence-electron chi connectivity index (χ4n) is 3.99. The summed E-state index contributed by atoms with van der Waals surface area (Å²) < 4.78 is 38.5. The zero-order valence-corrected chi connectivity index (χ0v) is 18.9. The van der Waals surface area contributed by atoms with Crippen LogP contribution in [0.15, 0.2) is 65.6 Å². The summed E-state index contributed by atoms with van der Waals surface area (Å²) in [6.07, 6.45) is 1.23. The van der Waals surface area contributed by atoms with Gasteiger partial charge in [0.1, 0.15) is 11.5 Å². The Morgan fingerprint density at radius 1 is 1.00 bits per heavy atom. The van der Waals surface area contributed by atoms with Crippen LogP contribution in [-0.4, -0.2) is 45.9 Å². The number of nitrogens with one attached hydrogen (secondary N) is 1. The molecule has 0 aliphatic carbocycles. The molecular formula is C24H26N2O5S. The average Bonchev–Trinajstić information content (AvgIpc) is 2.84. The molecule has 1 atom stereocenters. The molecule has 1 heterocycles. The van der Waals surface area contributed by atoms with Crippen molar-refractivity contribution < 1.29 is 22.7 Å². The van der Waals surface area contributed by atoms with E-state index in [-0.39, 0.29) is 17.3 Å². The SMILES string of the molecule is COc1ccc(NC(=O)[C@@H]2CCCN(S(=O)(=O)c3ccc4ccccc4c3)C2)c(OC)c1. The second kappa shape index (κ2) is 9.18. The third-order valence-electron chi connectivity index (χ3n) is 5.78.